The summed E-state index contributed by atoms with van der Waals surface area (Å²) in [5, 5.41) is 0.792. The fourth-order valence-corrected chi connectivity index (χ4v) is 5.73. The van der Waals surface area contributed by atoms with Crippen LogP contribution in [0.2, 0.25) is 0 Å². The second kappa shape index (κ2) is 9.42. The summed E-state index contributed by atoms with van der Waals surface area (Å²) in [6, 6.07) is 18.5. The zero-order valence-electron chi connectivity index (χ0n) is 20.6. The first-order valence-corrected chi connectivity index (χ1v) is 13.0. The van der Waals surface area contributed by atoms with Gasteiger partial charge in [0, 0.05) is 0 Å². The molecule has 0 bridgehead atoms. The Hall–Kier alpha value is -4.50. The number of ether oxygens (including phenoxy) is 2. The number of aromatic nitrogens is 1. The second-order valence-electron chi connectivity index (χ2n) is 8.65. The smallest absolute Gasteiger partial charge is 0.338 e. The van der Waals surface area contributed by atoms with Crippen molar-refractivity contribution in [3.8, 4) is 5.75 Å². The molecule has 0 aliphatic carbocycles. The molecule has 3 heterocycles. The number of hydrogen-bond acceptors (Lipinski definition) is 8. The number of rotatable bonds is 6. The van der Waals surface area contributed by atoms with E-state index in [2.05, 4.69) is 0 Å². The van der Waals surface area contributed by atoms with Crippen molar-refractivity contribution in [1.29, 1.82) is 0 Å². The minimum Gasteiger partial charge on any atom is -0.494 e. The number of esters is 1. The standard InChI is InChI=1S/C29H22N2O6S/c1-3-35-18-12-9-16(10-13-18)24-23-25(32)19-7-5-6-8-21(19)37-26(23)27(33)31(24)29-30-20-14-11-17(15-22(20)38-29)28(34)36-4-2/h5-15,24H,3-4H2,1-2H3/t24-/m0/s1. The van der Waals surface area contributed by atoms with Gasteiger partial charge in [0.25, 0.3) is 5.91 Å². The van der Waals surface area contributed by atoms with Crippen LogP contribution >= 0.6 is 11.3 Å². The minimum atomic E-state index is -0.751. The zero-order chi connectivity index (χ0) is 26.4. The van der Waals surface area contributed by atoms with E-state index in [-0.39, 0.29) is 23.4 Å². The lowest BCUT2D eigenvalue weighted by molar-refractivity contribution is 0.0526. The maximum absolute atomic E-state index is 13.8. The van der Waals surface area contributed by atoms with Crippen LogP contribution < -0.4 is 15.1 Å². The van der Waals surface area contributed by atoms with Crippen molar-refractivity contribution >= 4 is 49.5 Å². The summed E-state index contributed by atoms with van der Waals surface area (Å²) >= 11 is 1.26. The molecule has 190 valence electrons. The van der Waals surface area contributed by atoms with Crippen molar-refractivity contribution in [3.05, 3.63) is 99.4 Å². The van der Waals surface area contributed by atoms with E-state index in [9.17, 15) is 14.4 Å². The minimum absolute atomic E-state index is 0.000876. The molecule has 0 fully saturated rings. The third kappa shape index (κ3) is 3.83. The molecule has 3 aromatic carbocycles. The van der Waals surface area contributed by atoms with E-state index in [0.717, 1.165) is 5.56 Å². The van der Waals surface area contributed by atoms with Gasteiger partial charge >= 0.3 is 5.97 Å². The number of benzene rings is 3. The molecule has 0 saturated heterocycles. The molecular formula is C29H22N2O6S. The van der Waals surface area contributed by atoms with Gasteiger partial charge in [-0.15, -0.1) is 0 Å². The van der Waals surface area contributed by atoms with Crippen LogP contribution in [0.1, 0.15) is 51.9 Å². The fourth-order valence-electron chi connectivity index (χ4n) is 4.70. The fraction of sp³-hybridized carbons (Fsp3) is 0.172. The lowest BCUT2D eigenvalue weighted by atomic mass is 9.98. The van der Waals surface area contributed by atoms with Gasteiger partial charge in [-0.2, -0.15) is 0 Å². The normalized spacial score (nSPS) is 14.7. The van der Waals surface area contributed by atoms with E-state index >= 15 is 0 Å². The quantitative estimate of drug-likeness (QED) is 0.261. The van der Waals surface area contributed by atoms with Crippen LogP contribution in [0.3, 0.4) is 0 Å². The van der Waals surface area contributed by atoms with Crippen molar-refractivity contribution < 1.29 is 23.5 Å². The van der Waals surface area contributed by atoms with Crippen LogP contribution in [0.5, 0.6) is 5.75 Å². The van der Waals surface area contributed by atoms with E-state index < -0.39 is 17.9 Å². The summed E-state index contributed by atoms with van der Waals surface area (Å²) in [5.74, 6) is -0.197. The molecule has 0 radical (unpaired) electrons. The van der Waals surface area contributed by atoms with Crippen LogP contribution in [0, 0.1) is 0 Å². The van der Waals surface area contributed by atoms with Gasteiger partial charge in [0.05, 0.1) is 46.0 Å². The molecule has 1 amide bonds. The van der Waals surface area contributed by atoms with E-state index in [1.807, 2.05) is 31.2 Å². The Bertz CT molecular complexity index is 1770. The van der Waals surface area contributed by atoms with Gasteiger partial charge in [0.15, 0.2) is 10.6 Å². The van der Waals surface area contributed by atoms with Crippen LogP contribution in [-0.4, -0.2) is 30.1 Å². The molecule has 8 nitrogen and oxygen atoms in total. The number of carbonyl (C=O) groups is 2. The van der Waals surface area contributed by atoms with Gasteiger partial charge < -0.3 is 13.9 Å². The molecule has 38 heavy (non-hydrogen) atoms. The number of nitrogens with zero attached hydrogens (tertiary/aromatic N) is 2. The molecule has 5 aromatic rings. The average molecular weight is 527 g/mol. The molecule has 6 rings (SSSR count). The molecule has 0 unspecified atom stereocenters. The summed E-state index contributed by atoms with van der Waals surface area (Å²) in [4.78, 5) is 46.0. The average Bonchev–Trinajstić information content (AvgIpc) is 3.48. The second-order valence-corrected chi connectivity index (χ2v) is 9.66. The molecule has 0 spiro atoms. The van der Waals surface area contributed by atoms with Gasteiger partial charge in [-0.05, 0) is 61.9 Å². The summed E-state index contributed by atoms with van der Waals surface area (Å²) in [5.41, 5.74) is 2.09. The number of amides is 1. The van der Waals surface area contributed by atoms with E-state index in [4.69, 9.17) is 18.9 Å². The summed E-state index contributed by atoms with van der Waals surface area (Å²) in [7, 11) is 0. The molecule has 9 heteroatoms. The van der Waals surface area contributed by atoms with Crippen molar-refractivity contribution in [3.63, 3.8) is 0 Å². The molecule has 1 atom stereocenters. The zero-order valence-corrected chi connectivity index (χ0v) is 21.4. The maximum Gasteiger partial charge on any atom is 0.338 e. The van der Waals surface area contributed by atoms with Crippen LogP contribution in [0.25, 0.3) is 21.2 Å². The maximum atomic E-state index is 13.8. The highest BCUT2D eigenvalue weighted by molar-refractivity contribution is 7.22. The molecule has 0 saturated carbocycles. The lowest BCUT2D eigenvalue weighted by Crippen LogP contribution is -2.29. The van der Waals surface area contributed by atoms with Crippen molar-refractivity contribution in [2.24, 2.45) is 0 Å². The topological polar surface area (TPSA) is 98.9 Å². The van der Waals surface area contributed by atoms with Gasteiger partial charge in [0.2, 0.25) is 5.76 Å². The number of hydrogen-bond donors (Lipinski definition) is 0. The largest absolute Gasteiger partial charge is 0.494 e. The third-order valence-corrected chi connectivity index (χ3v) is 7.40. The molecule has 1 aliphatic heterocycles. The first-order chi connectivity index (χ1) is 18.5. The van der Waals surface area contributed by atoms with Gasteiger partial charge in [0.1, 0.15) is 11.3 Å². The third-order valence-electron chi connectivity index (χ3n) is 6.38. The Morgan fingerprint density at radius 2 is 1.82 bits per heavy atom. The Morgan fingerprint density at radius 1 is 1.03 bits per heavy atom. The molecular weight excluding hydrogens is 504 g/mol. The lowest BCUT2D eigenvalue weighted by Gasteiger charge is -2.22. The SMILES string of the molecule is CCOC(=O)c1ccc2nc(N3C(=O)c4oc5ccccc5c(=O)c4[C@@H]3c3ccc(OCC)cc3)sc2c1. The molecule has 0 N–H and O–H groups in total. The van der Waals surface area contributed by atoms with Gasteiger partial charge in [-0.25, -0.2) is 9.78 Å². The number of thiazole rings is 1. The summed E-state index contributed by atoms with van der Waals surface area (Å²) in [6.07, 6.45) is 0. The highest BCUT2D eigenvalue weighted by atomic mass is 32.1. The van der Waals surface area contributed by atoms with E-state index in [0.29, 0.717) is 44.2 Å². The van der Waals surface area contributed by atoms with Gasteiger partial charge in [-0.1, -0.05) is 35.6 Å². The number of fused-ring (bicyclic) bond motifs is 3. The Kier molecular flexibility index (Phi) is 5.92. The first-order valence-electron chi connectivity index (χ1n) is 12.2. The highest BCUT2D eigenvalue weighted by Gasteiger charge is 2.45. The van der Waals surface area contributed by atoms with E-state index in [1.54, 1.807) is 49.4 Å². The predicted octanol–water partition coefficient (Wildman–Crippen LogP) is 5.73. The summed E-state index contributed by atoms with van der Waals surface area (Å²) < 4.78 is 17.4. The van der Waals surface area contributed by atoms with Gasteiger partial charge in [-0.3, -0.25) is 14.5 Å². The highest BCUT2D eigenvalue weighted by Crippen LogP contribution is 2.44. The number of carbonyl (C=O) groups excluding carboxylic acids is 2. The van der Waals surface area contributed by atoms with E-state index in [1.165, 1.54) is 16.2 Å². The monoisotopic (exact) mass is 526 g/mol. The molecule has 1 aliphatic rings. The Labute approximate surface area is 221 Å². The van der Waals surface area contributed by atoms with Crippen LogP contribution in [-0.2, 0) is 4.74 Å². The Balaban J connectivity index is 1.53. The van der Waals surface area contributed by atoms with Crippen LogP contribution in [0.4, 0.5) is 5.13 Å². The van der Waals surface area contributed by atoms with Crippen LogP contribution in [0.15, 0.2) is 75.9 Å². The first kappa shape index (κ1) is 23.9. The summed E-state index contributed by atoms with van der Waals surface area (Å²) in [6.45, 7) is 4.44. The number of para-hydroxylation sites is 1. The van der Waals surface area contributed by atoms with Crippen molar-refractivity contribution in [2.75, 3.05) is 18.1 Å². The molecule has 2 aromatic heterocycles. The Morgan fingerprint density at radius 3 is 2.58 bits per heavy atom. The van der Waals surface area contributed by atoms with Crippen molar-refractivity contribution in [1.82, 2.24) is 4.98 Å². The predicted molar refractivity (Wildman–Crippen MR) is 144 cm³/mol. The number of anilines is 1. The van der Waals surface area contributed by atoms with Crippen molar-refractivity contribution in [2.45, 2.75) is 19.9 Å².